The van der Waals surface area contributed by atoms with Crippen molar-refractivity contribution in [1.82, 2.24) is 14.5 Å². The van der Waals surface area contributed by atoms with Crippen LogP contribution < -0.4 is 15.8 Å². The minimum Gasteiger partial charge on any atom is -0.348 e. The molecule has 1 aromatic carbocycles. The molecular formula is C24H31N5O2S2. The number of carbonyl (C=O) groups excluding carboxylic acids is 1. The number of nitrogens with zero attached hydrogens (tertiary/aromatic N) is 4. The van der Waals surface area contributed by atoms with Crippen molar-refractivity contribution >= 4 is 50.2 Å². The molecule has 0 atom stereocenters. The summed E-state index contributed by atoms with van der Waals surface area (Å²) >= 11 is 2.74. The number of hydrogen-bond acceptors (Lipinski definition) is 7. The van der Waals surface area contributed by atoms with Gasteiger partial charge in [0, 0.05) is 25.3 Å². The van der Waals surface area contributed by atoms with Gasteiger partial charge in [-0.1, -0.05) is 55.1 Å². The summed E-state index contributed by atoms with van der Waals surface area (Å²) < 4.78 is 2.30. The number of rotatable bonds is 8. The standard InChI is InChI=1S/C24H31N5O2S2/c1-4-12-29-22(31)20-21(26-23(33-20)28-13-7-6-8-14-28)27-24(29)32-15-18(30)25-19-16(3)10-9-11-17(19)5-2/h9-11H,4-8,12-15H2,1-3H3,(H,25,30). The minimum absolute atomic E-state index is 0.0577. The van der Waals surface area contributed by atoms with Gasteiger partial charge in [-0.3, -0.25) is 14.2 Å². The van der Waals surface area contributed by atoms with E-state index in [9.17, 15) is 9.59 Å². The van der Waals surface area contributed by atoms with Crippen molar-refractivity contribution in [3.63, 3.8) is 0 Å². The van der Waals surface area contributed by atoms with E-state index in [-0.39, 0.29) is 17.2 Å². The van der Waals surface area contributed by atoms with Gasteiger partial charge in [-0.15, -0.1) is 0 Å². The van der Waals surface area contributed by atoms with Crippen molar-refractivity contribution in [2.45, 2.75) is 64.6 Å². The molecule has 33 heavy (non-hydrogen) atoms. The Morgan fingerprint density at radius 1 is 1.18 bits per heavy atom. The second-order valence-corrected chi connectivity index (χ2v) is 10.3. The van der Waals surface area contributed by atoms with Crippen LogP contribution in [0.5, 0.6) is 0 Å². The lowest BCUT2D eigenvalue weighted by Crippen LogP contribution is -2.29. The Morgan fingerprint density at radius 2 is 1.97 bits per heavy atom. The number of piperidine rings is 1. The van der Waals surface area contributed by atoms with E-state index in [2.05, 4.69) is 17.1 Å². The van der Waals surface area contributed by atoms with Gasteiger partial charge in [-0.25, -0.2) is 4.98 Å². The Balaban J connectivity index is 1.57. The highest BCUT2D eigenvalue weighted by molar-refractivity contribution is 7.99. The Kier molecular flexibility index (Phi) is 7.70. The maximum absolute atomic E-state index is 13.3. The molecule has 3 heterocycles. The van der Waals surface area contributed by atoms with E-state index in [0.29, 0.717) is 22.0 Å². The average molecular weight is 486 g/mol. The lowest BCUT2D eigenvalue weighted by atomic mass is 10.1. The summed E-state index contributed by atoms with van der Waals surface area (Å²) in [5.74, 6) is 0.0797. The summed E-state index contributed by atoms with van der Waals surface area (Å²) in [5, 5.41) is 4.49. The van der Waals surface area contributed by atoms with Crippen molar-refractivity contribution in [2.24, 2.45) is 0 Å². The van der Waals surface area contributed by atoms with E-state index in [1.807, 2.05) is 32.0 Å². The number of aromatic nitrogens is 3. The molecule has 0 spiro atoms. The highest BCUT2D eigenvalue weighted by Crippen LogP contribution is 2.29. The van der Waals surface area contributed by atoms with Crippen molar-refractivity contribution in [2.75, 3.05) is 29.1 Å². The molecule has 1 N–H and O–H groups in total. The van der Waals surface area contributed by atoms with Gasteiger partial charge in [0.25, 0.3) is 5.56 Å². The van der Waals surface area contributed by atoms with E-state index in [1.54, 1.807) is 4.57 Å². The Labute approximate surface area is 202 Å². The largest absolute Gasteiger partial charge is 0.348 e. The normalized spacial score (nSPS) is 14.1. The minimum atomic E-state index is -0.103. The van der Waals surface area contributed by atoms with Gasteiger partial charge in [0.2, 0.25) is 5.91 Å². The van der Waals surface area contributed by atoms with E-state index < -0.39 is 0 Å². The number of benzene rings is 1. The summed E-state index contributed by atoms with van der Waals surface area (Å²) in [7, 11) is 0. The second-order valence-electron chi connectivity index (χ2n) is 8.35. The lowest BCUT2D eigenvalue weighted by molar-refractivity contribution is -0.113. The van der Waals surface area contributed by atoms with Crippen LogP contribution in [0.25, 0.3) is 10.3 Å². The van der Waals surface area contributed by atoms with Gasteiger partial charge in [0.1, 0.15) is 4.70 Å². The number of hydrogen-bond donors (Lipinski definition) is 1. The third-order valence-electron chi connectivity index (χ3n) is 5.88. The molecule has 0 radical (unpaired) electrons. The lowest BCUT2D eigenvalue weighted by Gasteiger charge is -2.25. The summed E-state index contributed by atoms with van der Waals surface area (Å²) in [5.41, 5.74) is 3.47. The van der Waals surface area contributed by atoms with Gasteiger partial charge >= 0.3 is 0 Å². The molecule has 1 amide bonds. The first kappa shape index (κ1) is 23.8. The van der Waals surface area contributed by atoms with Gasteiger partial charge in [0.05, 0.1) is 5.75 Å². The zero-order valence-corrected chi connectivity index (χ0v) is 21.2. The fourth-order valence-corrected chi connectivity index (χ4v) is 5.96. The van der Waals surface area contributed by atoms with Crippen LogP contribution in [0.4, 0.5) is 10.8 Å². The smallest absolute Gasteiger partial charge is 0.273 e. The Morgan fingerprint density at radius 3 is 2.70 bits per heavy atom. The number of anilines is 2. The zero-order valence-electron chi connectivity index (χ0n) is 19.5. The molecule has 0 bridgehead atoms. The molecular weight excluding hydrogens is 454 g/mol. The zero-order chi connectivity index (χ0) is 23.4. The van der Waals surface area contributed by atoms with Crippen molar-refractivity contribution in [3.8, 4) is 0 Å². The van der Waals surface area contributed by atoms with Crippen molar-refractivity contribution < 1.29 is 4.79 Å². The van der Waals surface area contributed by atoms with Gasteiger partial charge in [0.15, 0.2) is 15.9 Å². The van der Waals surface area contributed by atoms with Crippen LogP contribution in [0, 0.1) is 6.92 Å². The third kappa shape index (κ3) is 5.24. The maximum Gasteiger partial charge on any atom is 0.273 e. The number of carbonyl (C=O) groups is 1. The van der Waals surface area contributed by atoms with Crippen LogP contribution in [0.2, 0.25) is 0 Å². The fraction of sp³-hybridized carbons (Fsp3) is 0.500. The van der Waals surface area contributed by atoms with E-state index in [1.165, 1.54) is 29.5 Å². The van der Waals surface area contributed by atoms with Crippen LogP contribution in [0.1, 0.15) is 50.7 Å². The maximum atomic E-state index is 13.3. The topological polar surface area (TPSA) is 80.1 Å². The fourth-order valence-electron chi connectivity index (χ4n) is 4.14. The van der Waals surface area contributed by atoms with Crippen LogP contribution in [0.3, 0.4) is 0 Å². The number of nitrogens with one attached hydrogen (secondary N) is 1. The second kappa shape index (κ2) is 10.7. The molecule has 1 saturated heterocycles. The number of amides is 1. The number of thiazole rings is 1. The SMILES string of the molecule is CCCn1c(SCC(=O)Nc2c(C)cccc2CC)nc2nc(N3CCCCC3)sc2c1=O. The number of fused-ring (bicyclic) bond motifs is 1. The summed E-state index contributed by atoms with van der Waals surface area (Å²) in [6.07, 6.45) is 5.21. The van der Waals surface area contributed by atoms with E-state index in [0.717, 1.165) is 60.7 Å². The van der Waals surface area contributed by atoms with Gasteiger partial charge in [-0.2, -0.15) is 4.98 Å². The van der Waals surface area contributed by atoms with E-state index >= 15 is 0 Å². The van der Waals surface area contributed by atoms with Crippen molar-refractivity contribution in [3.05, 3.63) is 39.7 Å². The number of aryl methyl sites for hydroxylation is 2. The molecule has 1 aliphatic rings. The predicted molar refractivity (Wildman–Crippen MR) is 138 cm³/mol. The average Bonchev–Trinajstić information content (AvgIpc) is 3.26. The molecule has 0 aliphatic carbocycles. The first-order chi connectivity index (χ1) is 16.0. The third-order valence-corrected chi connectivity index (χ3v) is 7.95. The van der Waals surface area contributed by atoms with Crippen LogP contribution in [-0.4, -0.2) is 39.3 Å². The van der Waals surface area contributed by atoms with Crippen LogP contribution >= 0.6 is 23.1 Å². The molecule has 4 rings (SSSR count). The summed E-state index contributed by atoms with van der Waals surface area (Å²) in [6, 6.07) is 6.04. The van der Waals surface area contributed by atoms with Gasteiger partial charge in [-0.05, 0) is 50.2 Å². The molecule has 1 aliphatic heterocycles. The summed E-state index contributed by atoms with van der Waals surface area (Å²) in [6.45, 7) is 8.63. The monoisotopic (exact) mass is 485 g/mol. The van der Waals surface area contributed by atoms with Crippen molar-refractivity contribution in [1.29, 1.82) is 0 Å². The first-order valence-corrected chi connectivity index (χ1v) is 13.5. The molecule has 176 valence electrons. The summed E-state index contributed by atoms with van der Waals surface area (Å²) in [4.78, 5) is 37.7. The van der Waals surface area contributed by atoms with E-state index in [4.69, 9.17) is 9.97 Å². The Hall–Kier alpha value is -2.39. The molecule has 9 heteroatoms. The number of thioether (sulfide) groups is 1. The quantitative estimate of drug-likeness (QED) is 0.363. The number of para-hydroxylation sites is 1. The molecule has 0 saturated carbocycles. The molecule has 1 fully saturated rings. The highest BCUT2D eigenvalue weighted by atomic mass is 32.2. The molecule has 7 nitrogen and oxygen atoms in total. The molecule has 3 aromatic rings. The van der Waals surface area contributed by atoms with Crippen LogP contribution in [0.15, 0.2) is 28.2 Å². The molecule has 2 aromatic heterocycles. The molecule has 0 unspecified atom stereocenters. The van der Waals surface area contributed by atoms with Crippen LogP contribution in [-0.2, 0) is 17.8 Å². The van der Waals surface area contributed by atoms with Gasteiger partial charge < -0.3 is 10.2 Å². The first-order valence-electron chi connectivity index (χ1n) is 11.7. The highest BCUT2D eigenvalue weighted by Gasteiger charge is 2.20. The predicted octanol–water partition coefficient (Wildman–Crippen LogP) is 4.85. The Bertz CT molecular complexity index is 1200.